The summed E-state index contributed by atoms with van der Waals surface area (Å²) >= 11 is 0. The molecule has 0 saturated carbocycles. The van der Waals surface area contributed by atoms with Gasteiger partial charge in [-0.2, -0.15) is 0 Å². The van der Waals surface area contributed by atoms with Gasteiger partial charge < -0.3 is 9.73 Å². The van der Waals surface area contributed by atoms with Crippen LogP contribution in [0.15, 0.2) is 215 Å². The van der Waals surface area contributed by atoms with Crippen LogP contribution >= 0.6 is 0 Å². The Kier molecular flexibility index (Phi) is 7.85. The number of furan rings is 1. The Morgan fingerprint density at radius 2 is 1.00 bits per heavy atom. The molecule has 2 heterocycles. The smallest absolute Gasteiger partial charge is 0.159 e. The first kappa shape index (κ1) is 32.8. The van der Waals surface area contributed by atoms with Crippen molar-refractivity contribution in [3.63, 3.8) is 0 Å². The molecule has 1 unspecified atom stereocenters. The summed E-state index contributed by atoms with van der Waals surface area (Å²) in [6.07, 6.45) is -0.305. The van der Waals surface area contributed by atoms with Crippen LogP contribution in [0.1, 0.15) is 22.9 Å². The molecule has 57 heavy (non-hydrogen) atoms. The van der Waals surface area contributed by atoms with Crippen molar-refractivity contribution in [1.82, 2.24) is 5.32 Å². The fourth-order valence-electron chi connectivity index (χ4n) is 8.15. The van der Waals surface area contributed by atoms with Crippen LogP contribution in [0.25, 0.3) is 76.9 Å². The van der Waals surface area contributed by atoms with Gasteiger partial charge in [0.25, 0.3) is 0 Å². The average molecular weight is 730 g/mol. The molecular formula is C53H35N3O. The topological polar surface area (TPSA) is 49.9 Å². The molecule has 0 aliphatic carbocycles. The van der Waals surface area contributed by atoms with E-state index in [0.717, 1.165) is 77.5 Å². The molecule has 0 saturated heterocycles. The van der Waals surface area contributed by atoms with Crippen molar-refractivity contribution in [3.05, 3.63) is 217 Å². The predicted molar refractivity (Wildman–Crippen MR) is 237 cm³/mol. The van der Waals surface area contributed by atoms with Gasteiger partial charge in [-0.25, -0.2) is 9.98 Å². The summed E-state index contributed by atoms with van der Waals surface area (Å²) in [5, 5.41) is 10.6. The first-order valence-electron chi connectivity index (χ1n) is 19.3. The normalized spacial score (nSPS) is 14.1. The van der Waals surface area contributed by atoms with E-state index in [9.17, 15) is 0 Å². The number of nitrogens with one attached hydrogen (secondary N) is 1. The van der Waals surface area contributed by atoms with Crippen LogP contribution in [0.3, 0.4) is 0 Å². The molecule has 4 nitrogen and oxygen atoms in total. The lowest BCUT2D eigenvalue weighted by atomic mass is 9.92. The number of hydrogen-bond donors (Lipinski definition) is 1. The maximum atomic E-state index is 6.54. The monoisotopic (exact) mass is 729 g/mol. The minimum Gasteiger partial charge on any atom is -0.456 e. The Bertz CT molecular complexity index is 3200. The third kappa shape index (κ3) is 6.05. The molecule has 0 radical (unpaired) electrons. The second-order valence-electron chi connectivity index (χ2n) is 14.6. The van der Waals surface area contributed by atoms with Gasteiger partial charge in [0.15, 0.2) is 5.84 Å². The summed E-state index contributed by atoms with van der Waals surface area (Å²) in [4.78, 5) is 10.3. The van der Waals surface area contributed by atoms with Gasteiger partial charge in [0, 0.05) is 21.9 Å². The van der Waals surface area contributed by atoms with Crippen molar-refractivity contribution < 1.29 is 4.42 Å². The third-order valence-corrected chi connectivity index (χ3v) is 11.1. The van der Waals surface area contributed by atoms with E-state index in [4.69, 9.17) is 14.4 Å². The minimum atomic E-state index is -0.305. The Labute approximate surface area is 330 Å². The highest BCUT2D eigenvalue weighted by atomic mass is 16.3. The summed E-state index contributed by atoms with van der Waals surface area (Å²) in [6, 6.07) is 70.7. The molecule has 1 aliphatic rings. The van der Waals surface area contributed by atoms with Crippen molar-refractivity contribution in [2.24, 2.45) is 9.98 Å². The molecule has 1 atom stereocenters. The number of hydrogen-bond acceptors (Lipinski definition) is 4. The van der Waals surface area contributed by atoms with Crippen LogP contribution < -0.4 is 5.32 Å². The fourth-order valence-corrected chi connectivity index (χ4v) is 8.15. The van der Waals surface area contributed by atoms with E-state index < -0.39 is 0 Å². The molecule has 1 aliphatic heterocycles. The lowest BCUT2D eigenvalue weighted by Gasteiger charge is -2.24. The van der Waals surface area contributed by atoms with Gasteiger partial charge in [-0.3, -0.25) is 0 Å². The van der Waals surface area contributed by atoms with Gasteiger partial charge in [-0.1, -0.05) is 164 Å². The lowest BCUT2D eigenvalue weighted by molar-refractivity contribution is 0.669. The zero-order valence-electron chi connectivity index (χ0n) is 30.9. The Hall–Kier alpha value is -7.56. The number of benzene rings is 9. The zero-order valence-corrected chi connectivity index (χ0v) is 30.9. The third-order valence-electron chi connectivity index (χ3n) is 11.1. The van der Waals surface area contributed by atoms with Gasteiger partial charge in [-0.05, 0) is 96.9 Å². The number of aliphatic imine (C=N–C) groups is 2. The molecule has 0 amide bonds. The molecule has 10 aromatic rings. The van der Waals surface area contributed by atoms with E-state index in [2.05, 4.69) is 175 Å². The number of fused-ring (bicyclic) bond motifs is 5. The van der Waals surface area contributed by atoms with Crippen LogP contribution in [-0.2, 0) is 0 Å². The van der Waals surface area contributed by atoms with Gasteiger partial charge in [-0.15, -0.1) is 0 Å². The Balaban J connectivity index is 1.01. The highest BCUT2D eigenvalue weighted by molar-refractivity contribution is 6.16. The molecule has 11 rings (SSSR count). The van der Waals surface area contributed by atoms with Crippen molar-refractivity contribution in [2.75, 3.05) is 0 Å². The van der Waals surface area contributed by atoms with E-state index in [1.807, 2.05) is 30.3 Å². The maximum Gasteiger partial charge on any atom is 0.159 e. The van der Waals surface area contributed by atoms with Crippen molar-refractivity contribution in [3.8, 4) is 33.4 Å². The van der Waals surface area contributed by atoms with Crippen molar-refractivity contribution in [1.29, 1.82) is 0 Å². The van der Waals surface area contributed by atoms with Crippen LogP contribution in [0.2, 0.25) is 0 Å². The fraction of sp³-hybridized carbons (Fsp3) is 0.0189. The van der Waals surface area contributed by atoms with E-state index >= 15 is 0 Å². The Morgan fingerprint density at radius 1 is 0.404 bits per heavy atom. The number of amidine groups is 2. The summed E-state index contributed by atoms with van der Waals surface area (Å²) in [5.74, 6) is 1.49. The van der Waals surface area contributed by atoms with E-state index in [1.54, 1.807) is 0 Å². The molecule has 0 spiro atoms. The first-order chi connectivity index (χ1) is 28.2. The summed E-state index contributed by atoms with van der Waals surface area (Å²) < 4.78 is 6.54. The minimum absolute atomic E-state index is 0.305. The second-order valence-corrected chi connectivity index (χ2v) is 14.6. The van der Waals surface area contributed by atoms with Crippen LogP contribution in [0.4, 0.5) is 0 Å². The summed E-state index contributed by atoms with van der Waals surface area (Å²) in [7, 11) is 0. The van der Waals surface area contributed by atoms with Crippen molar-refractivity contribution >= 4 is 55.2 Å². The van der Waals surface area contributed by atoms with Crippen LogP contribution in [-0.4, -0.2) is 11.7 Å². The van der Waals surface area contributed by atoms with E-state index in [0.29, 0.717) is 5.84 Å². The zero-order chi connectivity index (χ0) is 37.7. The highest BCUT2D eigenvalue weighted by Crippen LogP contribution is 2.41. The lowest BCUT2D eigenvalue weighted by Crippen LogP contribution is -2.33. The molecule has 1 N–H and O–H groups in total. The summed E-state index contributed by atoms with van der Waals surface area (Å²) in [6.45, 7) is 0. The molecule has 268 valence electrons. The molecule has 4 heteroatoms. The van der Waals surface area contributed by atoms with Gasteiger partial charge in [0.05, 0.1) is 0 Å². The second kappa shape index (κ2) is 13.6. The van der Waals surface area contributed by atoms with Crippen LogP contribution in [0.5, 0.6) is 0 Å². The number of nitrogens with zero attached hydrogens (tertiary/aromatic N) is 2. The standard InChI is InChI=1S/C53H35N3O/c1-3-11-34(12-4-1)36-19-24-39(25-20-36)52-54-51(38-14-5-2-6-15-38)55-53(56-52)43-28-23-37-22-27-42(30-44(37)31-43)47-32-45(41-26-21-35-13-7-8-16-40(35)29-41)33-49-50(47)46-17-9-10-18-48(46)57-49/h1-33,52H,(H,54,55,56). The highest BCUT2D eigenvalue weighted by Gasteiger charge is 2.22. The quantitative estimate of drug-likeness (QED) is 0.185. The molecule has 1 aromatic heterocycles. The molecular weight excluding hydrogens is 695 g/mol. The van der Waals surface area contributed by atoms with Gasteiger partial charge in [0.2, 0.25) is 0 Å². The molecule has 0 bridgehead atoms. The first-order valence-corrected chi connectivity index (χ1v) is 19.3. The van der Waals surface area contributed by atoms with E-state index in [1.165, 1.54) is 21.9 Å². The maximum absolute atomic E-state index is 6.54. The van der Waals surface area contributed by atoms with Crippen LogP contribution in [0, 0.1) is 0 Å². The summed E-state index contributed by atoms with van der Waals surface area (Å²) in [5.41, 5.74) is 11.7. The number of rotatable bonds is 6. The van der Waals surface area contributed by atoms with E-state index in [-0.39, 0.29) is 6.17 Å². The largest absolute Gasteiger partial charge is 0.456 e. The van der Waals surface area contributed by atoms with Crippen molar-refractivity contribution in [2.45, 2.75) is 6.17 Å². The predicted octanol–water partition coefficient (Wildman–Crippen LogP) is 13.4. The number of para-hydroxylation sites is 1. The molecule has 9 aromatic carbocycles. The average Bonchev–Trinajstić information content (AvgIpc) is 3.67. The van der Waals surface area contributed by atoms with Gasteiger partial charge in [0.1, 0.15) is 23.2 Å². The molecule has 0 fully saturated rings. The SMILES string of the molecule is c1ccc(C2=NC(c3ccc(-c4ccccc4)cc3)NC(c3ccc4ccc(-c5cc(-c6ccc7ccccc7c6)cc6oc7ccccc7c56)cc4c3)=N2)cc1. The van der Waals surface area contributed by atoms with Gasteiger partial charge >= 0.3 is 0 Å². The Morgan fingerprint density at radius 3 is 1.81 bits per heavy atom.